The summed E-state index contributed by atoms with van der Waals surface area (Å²) in [6, 6.07) is 6.01. The van der Waals surface area contributed by atoms with E-state index in [1.54, 1.807) is 0 Å². The van der Waals surface area contributed by atoms with E-state index < -0.39 is 0 Å². The van der Waals surface area contributed by atoms with E-state index >= 15 is 0 Å². The maximum atomic E-state index is 11.8. The van der Waals surface area contributed by atoms with Crippen LogP contribution in [-0.4, -0.2) is 57.2 Å². The van der Waals surface area contributed by atoms with Gasteiger partial charge in [-0.25, -0.2) is 4.98 Å². The topological polar surface area (TPSA) is 40.9 Å². The van der Waals surface area contributed by atoms with E-state index in [1.807, 2.05) is 35.5 Å². The van der Waals surface area contributed by atoms with Crippen molar-refractivity contribution in [2.45, 2.75) is 13.0 Å². The smallest absolute Gasteiger partial charge is 0.223 e. The normalized spacial score (nSPS) is 16.5. The lowest BCUT2D eigenvalue weighted by Crippen LogP contribution is -2.48. The van der Waals surface area contributed by atoms with Crippen molar-refractivity contribution < 1.29 is 4.79 Å². The second-order valence-electron chi connectivity index (χ2n) is 5.27. The van der Waals surface area contributed by atoms with Gasteiger partial charge < -0.3 is 9.30 Å². The molecule has 0 radical (unpaired) electrons. The Hall–Kier alpha value is -1.59. The monoisotopic (exact) mass is 306 g/mol. The molecular weight excluding hydrogens is 288 g/mol. The molecule has 0 unspecified atom stereocenters. The Balaban J connectivity index is 1.59. The van der Waals surface area contributed by atoms with Crippen LogP contribution in [0.3, 0.4) is 0 Å². The number of rotatable bonds is 4. The van der Waals surface area contributed by atoms with Gasteiger partial charge in [-0.3, -0.25) is 9.69 Å². The highest BCUT2D eigenvalue weighted by Crippen LogP contribution is 2.11. The van der Waals surface area contributed by atoms with Gasteiger partial charge in [0.15, 0.2) is 0 Å². The SMILES string of the molecule is O=C(CCCl)N1CCN(Cc2cnc3ccccn23)CC1. The molecule has 0 aromatic carbocycles. The molecule has 1 saturated heterocycles. The molecule has 1 amide bonds. The number of piperazine rings is 1. The van der Waals surface area contributed by atoms with Crippen LogP contribution in [0.25, 0.3) is 5.65 Å². The molecule has 1 aliphatic heterocycles. The number of hydrogen-bond acceptors (Lipinski definition) is 3. The summed E-state index contributed by atoms with van der Waals surface area (Å²) in [5.41, 5.74) is 2.16. The van der Waals surface area contributed by atoms with E-state index in [2.05, 4.69) is 14.3 Å². The number of fused-ring (bicyclic) bond motifs is 1. The summed E-state index contributed by atoms with van der Waals surface area (Å²) >= 11 is 5.63. The van der Waals surface area contributed by atoms with Crippen LogP contribution >= 0.6 is 11.6 Å². The lowest BCUT2D eigenvalue weighted by atomic mass is 10.2. The Bertz CT molecular complexity index is 619. The summed E-state index contributed by atoms with van der Waals surface area (Å²) < 4.78 is 2.12. The Morgan fingerprint density at radius 1 is 1.24 bits per heavy atom. The molecular formula is C15H19ClN4O. The second kappa shape index (κ2) is 6.45. The fourth-order valence-corrected chi connectivity index (χ4v) is 2.89. The summed E-state index contributed by atoms with van der Waals surface area (Å²) in [5.74, 6) is 0.570. The molecule has 1 fully saturated rings. The first-order chi connectivity index (χ1) is 10.3. The van der Waals surface area contributed by atoms with Gasteiger partial charge in [0.1, 0.15) is 5.65 Å². The molecule has 0 atom stereocenters. The largest absolute Gasteiger partial charge is 0.340 e. The maximum Gasteiger partial charge on any atom is 0.223 e. The lowest BCUT2D eigenvalue weighted by molar-refractivity contribution is -0.132. The van der Waals surface area contributed by atoms with Gasteiger partial charge in [-0.1, -0.05) is 6.07 Å². The van der Waals surface area contributed by atoms with E-state index in [-0.39, 0.29) is 5.91 Å². The molecule has 3 heterocycles. The number of amides is 1. The number of nitrogens with zero attached hydrogens (tertiary/aromatic N) is 4. The molecule has 0 N–H and O–H groups in total. The number of hydrogen-bond donors (Lipinski definition) is 0. The fourth-order valence-electron chi connectivity index (χ4n) is 2.73. The minimum absolute atomic E-state index is 0.166. The molecule has 6 heteroatoms. The van der Waals surface area contributed by atoms with E-state index in [0.717, 1.165) is 38.4 Å². The molecule has 0 saturated carbocycles. The van der Waals surface area contributed by atoms with Crippen molar-refractivity contribution in [3.63, 3.8) is 0 Å². The number of halogens is 1. The van der Waals surface area contributed by atoms with Crippen LogP contribution in [0.2, 0.25) is 0 Å². The predicted molar refractivity (Wildman–Crippen MR) is 82.4 cm³/mol. The van der Waals surface area contributed by atoms with Gasteiger partial charge in [-0.2, -0.15) is 0 Å². The van der Waals surface area contributed by atoms with Crippen LogP contribution in [0.4, 0.5) is 0 Å². The number of carbonyl (C=O) groups is 1. The van der Waals surface area contributed by atoms with E-state index in [9.17, 15) is 4.79 Å². The van der Waals surface area contributed by atoms with Crippen LogP contribution in [0.1, 0.15) is 12.1 Å². The van der Waals surface area contributed by atoms with Gasteiger partial charge in [-0.05, 0) is 12.1 Å². The standard InChI is InChI=1S/C15H19ClN4O/c16-5-4-15(21)19-9-7-18(8-10-19)12-13-11-17-14-3-1-2-6-20(13)14/h1-3,6,11H,4-5,7-10,12H2. The summed E-state index contributed by atoms with van der Waals surface area (Å²) in [6.45, 7) is 4.23. The molecule has 5 nitrogen and oxygen atoms in total. The van der Waals surface area contributed by atoms with Gasteiger partial charge >= 0.3 is 0 Å². The highest BCUT2D eigenvalue weighted by atomic mass is 35.5. The minimum atomic E-state index is 0.166. The summed E-state index contributed by atoms with van der Waals surface area (Å²) in [7, 11) is 0. The van der Waals surface area contributed by atoms with Crippen molar-refractivity contribution in [2.24, 2.45) is 0 Å². The summed E-state index contributed by atoms with van der Waals surface area (Å²) in [6.07, 6.45) is 4.41. The molecule has 2 aromatic rings. The van der Waals surface area contributed by atoms with Crippen LogP contribution in [0, 0.1) is 0 Å². The molecule has 1 aliphatic rings. The summed E-state index contributed by atoms with van der Waals surface area (Å²) in [4.78, 5) is 20.5. The zero-order chi connectivity index (χ0) is 14.7. The Morgan fingerprint density at radius 2 is 2.05 bits per heavy atom. The van der Waals surface area contributed by atoms with Gasteiger partial charge in [0.25, 0.3) is 0 Å². The predicted octanol–water partition coefficient (Wildman–Crippen LogP) is 1.61. The van der Waals surface area contributed by atoms with Gasteiger partial charge in [0, 0.05) is 51.2 Å². The van der Waals surface area contributed by atoms with Gasteiger partial charge in [-0.15, -0.1) is 11.6 Å². The Kier molecular flexibility index (Phi) is 4.41. The highest BCUT2D eigenvalue weighted by Gasteiger charge is 2.21. The van der Waals surface area contributed by atoms with Gasteiger partial charge in [0.2, 0.25) is 5.91 Å². The number of carbonyl (C=O) groups excluding carboxylic acids is 1. The van der Waals surface area contributed by atoms with Crippen molar-refractivity contribution in [2.75, 3.05) is 32.1 Å². The Labute approximate surface area is 129 Å². The number of imidazole rings is 1. The average molecular weight is 307 g/mol. The zero-order valence-corrected chi connectivity index (χ0v) is 12.7. The van der Waals surface area contributed by atoms with E-state index in [1.165, 1.54) is 5.69 Å². The van der Waals surface area contributed by atoms with Crippen molar-refractivity contribution in [3.05, 3.63) is 36.3 Å². The third kappa shape index (κ3) is 3.19. The fraction of sp³-hybridized carbons (Fsp3) is 0.467. The number of pyridine rings is 1. The first kappa shape index (κ1) is 14.4. The van der Waals surface area contributed by atoms with Crippen molar-refractivity contribution in [1.29, 1.82) is 0 Å². The molecule has 0 bridgehead atoms. The molecule has 21 heavy (non-hydrogen) atoms. The van der Waals surface area contributed by atoms with E-state index in [0.29, 0.717) is 12.3 Å². The van der Waals surface area contributed by atoms with Crippen LogP contribution in [-0.2, 0) is 11.3 Å². The Morgan fingerprint density at radius 3 is 2.81 bits per heavy atom. The quantitative estimate of drug-likeness (QED) is 0.806. The average Bonchev–Trinajstić information content (AvgIpc) is 2.92. The summed E-state index contributed by atoms with van der Waals surface area (Å²) in [5, 5.41) is 0. The third-order valence-corrected chi connectivity index (χ3v) is 4.10. The first-order valence-corrected chi connectivity index (χ1v) is 7.78. The first-order valence-electron chi connectivity index (χ1n) is 7.25. The molecule has 0 aliphatic carbocycles. The van der Waals surface area contributed by atoms with E-state index in [4.69, 9.17) is 11.6 Å². The third-order valence-electron chi connectivity index (χ3n) is 3.91. The number of alkyl halides is 1. The lowest BCUT2D eigenvalue weighted by Gasteiger charge is -2.34. The van der Waals surface area contributed by atoms with Gasteiger partial charge in [0.05, 0.1) is 11.9 Å². The van der Waals surface area contributed by atoms with Crippen molar-refractivity contribution >= 4 is 23.2 Å². The second-order valence-corrected chi connectivity index (χ2v) is 5.65. The molecule has 2 aromatic heterocycles. The molecule has 112 valence electrons. The molecule has 0 spiro atoms. The zero-order valence-electron chi connectivity index (χ0n) is 11.9. The van der Waals surface area contributed by atoms with Crippen molar-refractivity contribution in [1.82, 2.24) is 19.2 Å². The highest BCUT2D eigenvalue weighted by molar-refractivity contribution is 6.18. The minimum Gasteiger partial charge on any atom is -0.340 e. The van der Waals surface area contributed by atoms with Crippen molar-refractivity contribution in [3.8, 4) is 0 Å². The number of aromatic nitrogens is 2. The van der Waals surface area contributed by atoms with Crippen LogP contribution in [0.15, 0.2) is 30.6 Å². The van der Waals surface area contributed by atoms with Crippen LogP contribution < -0.4 is 0 Å². The van der Waals surface area contributed by atoms with Crippen LogP contribution in [0.5, 0.6) is 0 Å². The maximum absolute atomic E-state index is 11.8. The molecule has 3 rings (SSSR count).